The highest BCUT2D eigenvalue weighted by Gasteiger charge is 2.17. The van der Waals surface area contributed by atoms with Gasteiger partial charge in [-0.3, -0.25) is 4.79 Å². The minimum atomic E-state index is -0.126. The van der Waals surface area contributed by atoms with E-state index in [4.69, 9.17) is 10.2 Å². The van der Waals surface area contributed by atoms with Crippen molar-refractivity contribution in [2.75, 3.05) is 0 Å². The minimum Gasteiger partial charge on any atom is -0.312 e. The average molecular weight is 346 g/mol. The van der Waals surface area contributed by atoms with Gasteiger partial charge in [0.05, 0.1) is 23.5 Å². The summed E-state index contributed by atoms with van der Waals surface area (Å²) in [4.78, 5) is 24.6. The van der Waals surface area contributed by atoms with Gasteiger partial charge in [-0.15, -0.1) is 11.3 Å². The SMILES string of the molecule is Cc1nc2sc3c(=O)[nH]cnc3c2c(C)c1Cc1ccc(C#N)cc1. The zero-order valence-corrected chi connectivity index (χ0v) is 14.6. The Kier molecular flexibility index (Phi) is 3.59. The number of pyridine rings is 1. The summed E-state index contributed by atoms with van der Waals surface area (Å²) in [6, 6.07) is 9.73. The van der Waals surface area contributed by atoms with Crippen molar-refractivity contribution in [1.82, 2.24) is 15.0 Å². The normalized spacial score (nSPS) is 11.1. The van der Waals surface area contributed by atoms with Gasteiger partial charge >= 0.3 is 0 Å². The summed E-state index contributed by atoms with van der Waals surface area (Å²) >= 11 is 1.38. The van der Waals surface area contributed by atoms with Crippen LogP contribution in [0.2, 0.25) is 0 Å². The van der Waals surface area contributed by atoms with E-state index in [1.807, 2.05) is 31.2 Å². The molecule has 0 bridgehead atoms. The van der Waals surface area contributed by atoms with Crippen LogP contribution >= 0.6 is 11.3 Å². The Balaban J connectivity index is 1.91. The van der Waals surface area contributed by atoms with Gasteiger partial charge in [0.25, 0.3) is 5.56 Å². The smallest absolute Gasteiger partial charge is 0.268 e. The highest BCUT2D eigenvalue weighted by Crippen LogP contribution is 2.34. The third-order valence-corrected chi connectivity index (χ3v) is 5.53. The number of aromatic nitrogens is 3. The summed E-state index contributed by atoms with van der Waals surface area (Å²) in [5.41, 5.74) is 5.57. The summed E-state index contributed by atoms with van der Waals surface area (Å²) in [6.45, 7) is 4.05. The molecule has 0 fully saturated rings. The van der Waals surface area contributed by atoms with Crippen LogP contribution in [0.5, 0.6) is 0 Å². The van der Waals surface area contributed by atoms with Crippen molar-refractivity contribution >= 4 is 31.8 Å². The van der Waals surface area contributed by atoms with Gasteiger partial charge in [0, 0.05) is 11.1 Å². The van der Waals surface area contributed by atoms with Crippen molar-refractivity contribution in [3.05, 3.63) is 68.9 Å². The molecule has 0 aliphatic rings. The zero-order chi connectivity index (χ0) is 17.6. The molecule has 0 aliphatic carbocycles. The van der Waals surface area contributed by atoms with E-state index >= 15 is 0 Å². The molecule has 0 spiro atoms. The van der Waals surface area contributed by atoms with Crippen LogP contribution in [0.1, 0.15) is 27.9 Å². The average Bonchev–Trinajstić information content (AvgIpc) is 2.99. The van der Waals surface area contributed by atoms with Crippen LogP contribution in [0.15, 0.2) is 35.4 Å². The maximum atomic E-state index is 12.0. The van der Waals surface area contributed by atoms with E-state index in [-0.39, 0.29) is 5.56 Å². The van der Waals surface area contributed by atoms with Crippen molar-refractivity contribution < 1.29 is 0 Å². The minimum absolute atomic E-state index is 0.126. The van der Waals surface area contributed by atoms with Crippen LogP contribution in [-0.4, -0.2) is 15.0 Å². The molecule has 0 amide bonds. The van der Waals surface area contributed by atoms with Gasteiger partial charge in [-0.2, -0.15) is 5.26 Å². The molecule has 122 valence electrons. The maximum Gasteiger partial charge on any atom is 0.268 e. The number of hydrogen-bond acceptors (Lipinski definition) is 5. The quantitative estimate of drug-likeness (QED) is 0.601. The summed E-state index contributed by atoms with van der Waals surface area (Å²) in [5.74, 6) is 0. The summed E-state index contributed by atoms with van der Waals surface area (Å²) in [7, 11) is 0. The first-order valence-electron chi connectivity index (χ1n) is 7.83. The molecule has 0 aliphatic heterocycles. The highest BCUT2D eigenvalue weighted by molar-refractivity contribution is 7.25. The maximum absolute atomic E-state index is 12.0. The molecule has 6 heteroatoms. The van der Waals surface area contributed by atoms with Crippen LogP contribution < -0.4 is 5.56 Å². The number of aryl methyl sites for hydroxylation is 2. The molecule has 5 nitrogen and oxygen atoms in total. The first-order chi connectivity index (χ1) is 12.1. The van der Waals surface area contributed by atoms with Gasteiger partial charge in [-0.1, -0.05) is 12.1 Å². The second-order valence-electron chi connectivity index (χ2n) is 5.98. The number of aromatic amines is 1. The first kappa shape index (κ1) is 15.5. The number of rotatable bonds is 2. The van der Waals surface area contributed by atoms with Crippen molar-refractivity contribution in [3.63, 3.8) is 0 Å². The van der Waals surface area contributed by atoms with E-state index in [2.05, 4.69) is 23.0 Å². The number of H-pyrrole nitrogens is 1. The molecule has 0 atom stereocenters. The van der Waals surface area contributed by atoms with Crippen LogP contribution in [-0.2, 0) is 6.42 Å². The van der Waals surface area contributed by atoms with E-state index < -0.39 is 0 Å². The Labute approximate surface area is 147 Å². The molecule has 4 rings (SSSR count). The molecule has 0 saturated carbocycles. The van der Waals surface area contributed by atoms with Crippen molar-refractivity contribution in [3.8, 4) is 6.07 Å². The number of nitriles is 1. The lowest BCUT2D eigenvalue weighted by atomic mass is 9.97. The Bertz CT molecular complexity index is 1210. The van der Waals surface area contributed by atoms with Crippen LogP contribution in [0.25, 0.3) is 20.4 Å². The molecule has 3 heterocycles. The van der Waals surface area contributed by atoms with E-state index in [1.165, 1.54) is 17.7 Å². The van der Waals surface area contributed by atoms with Gasteiger partial charge in [0.15, 0.2) is 0 Å². The Morgan fingerprint density at radius 3 is 2.72 bits per heavy atom. The fourth-order valence-corrected chi connectivity index (χ4v) is 4.26. The molecular weight excluding hydrogens is 332 g/mol. The van der Waals surface area contributed by atoms with Crippen LogP contribution in [0.4, 0.5) is 0 Å². The molecule has 1 N–H and O–H groups in total. The van der Waals surface area contributed by atoms with Crippen molar-refractivity contribution in [2.24, 2.45) is 0 Å². The second kappa shape index (κ2) is 5.80. The lowest BCUT2D eigenvalue weighted by Gasteiger charge is -2.11. The predicted octanol–water partition coefficient (Wildman–Crippen LogP) is 3.61. The number of nitrogens with one attached hydrogen (secondary N) is 1. The summed E-state index contributed by atoms with van der Waals surface area (Å²) in [6.07, 6.45) is 2.17. The highest BCUT2D eigenvalue weighted by atomic mass is 32.1. The molecule has 25 heavy (non-hydrogen) atoms. The third kappa shape index (κ3) is 2.49. The van der Waals surface area contributed by atoms with Crippen molar-refractivity contribution in [2.45, 2.75) is 20.3 Å². The summed E-state index contributed by atoms with van der Waals surface area (Å²) in [5, 5.41) is 9.89. The molecule has 0 saturated heterocycles. The topological polar surface area (TPSA) is 82.4 Å². The first-order valence-corrected chi connectivity index (χ1v) is 8.65. The fourth-order valence-electron chi connectivity index (χ4n) is 3.13. The number of nitrogens with zero attached hydrogens (tertiary/aromatic N) is 3. The number of hydrogen-bond donors (Lipinski definition) is 1. The zero-order valence-electron chi connectivity index (χ0n) is 13.8. The summed E-state index contributed by atoms with van der Waals surface area (Å²) < 4.78 is 0.614. The monoisotopic (exact) mass is 346 g/mol. The van der Waals surface area contributed by atoms with Gasteiger partial charge < -0.3 is 4.98 Å². The molecule has 3 aromatic heterocycles. The Morgan fingerprint density at radius 2 is 2.00 bits per heavy atom. The Morgan fingerprint density at radius 1 is 1.24 bits per heavy atom. The van der Waals surface area contributed by atoms with E-state index in [0.29, 0.717) is 10.3 Å². The van der Waals surface area contributed by atoms with E-state index in [9.17, 15) is 4.79 Å². The number of benzene rings is 1. The number of fused-ring (bicyclic) bond motifs is 3. The largest absolute Gasteiger partial charge is 0.312 e. The molecule has 0 unspecified atom stereocenters. The van der Waals surface area contributed by atoms with Crippen LogP contribution in [0, 0.1) is 25.2 Å². The predicted molar refractivity (Wildman–Crippen MR) is 99.0 cm³/mol. The fraction of sp³-hybridized carbons (Fsp3) is 0.158. The molecule has 4 aromatic rings. The molecular formula is C19H14N4OS. The van der Waals surface area contributed by atoms with Crippen molar-refractivity contribution in [1.29, 1.82) is 5.26 Å². The lowest BCUT2D eigenvalue weighted by Crippen LogP contribution is -2.03. The third-order valence-electron chi connectivity index (χ3n) is 4.46. The van der Waals surface area contributed by atoms with E-state index in [0.717, 1.165) is 44.5 Å². The van der Waals surface area contributed by atoms with Gasteiger partial charge in [-0.05, 0) is 49.1 Å². The van der Waals surface area contributed by atoms with Gasteiger partial charge in [-0.25, -0.2) is 9.97 Å². The van der Waals surface area contributed by atoms with E-state index in [1.54, 1.807) is 0 Å². The standard InChI is InChI=1S/C19H14N4OS/c1-10-14(7-12-3-5-13(8-20)6-4-12)11(2)23-19-15(10)16-17(25-19)18(24)22-9-21-16/h3-6,9H,7H2,1-2H3,(H,21,22,24). The lowest BCUT2D eigenvalue weighted by molar-refractivity contribution is 1.08. The van der Waals surface area contributed by atoms with Gasteiger partial charge in [0.1, 0.15) is 9.53 Å². The van der Waals surface area contributed by atoms with Crippen LogP contribution in [0.3, 0.4) is 0 Å². The number of thiophene rings is 1. The van der Waals surface area contributed by atoms with Gasteiger partial charge in [0.2, 0.25) is 0 Å². The Hall–Kier alpha value is -3.04. The molecule has 0 radical (unpaired) electrons. The second-order valence-corrected chi connectivity index (χ2v) is 6.98. The molecule has 1 aromatic carbocycles.